The van der Waals surface area contributed by atoms with Crippen LogP contribution in [0.25, 0.3) is 0 Å². The summed E-state index contributed by atoms with van der Waals surface area (Å²) in [6, 6.07) is 5.07. The predicted molar refractivity (Wildman–Crippen MR) is 69.0 cm³/mol. The summed E-state index contributed by atoms with van der Waals surface area (Å²) in [4.78, 5) is 16.9. The molecule has 0 atom stereocenters. The van der Waals surface area contributed by atoms with E-state index in [0.29, 0.717) is 11.3 Å². The second-order valence-electron chi connectivity index (χ2n) is 4.49. The number of amides is 1. The van der Waals surface area contributed by atoms with E-state index in [1.54, 1.807) is 25.3 Å². The van der Waals surface area contributed by atoms with Gasteiger partial charge < -0.3 is 4.74 Å². The Morgan fingerprint density at radius 3 is 2.47 bits per heavy atom. The number of hydrogen-bond donors (Lipinski definition) is 1. The molecule has 1 amide bonds. The van der Waals surface area contributed by atoms with E-state index in [-0.39, 0.29) is 5.91 Å². The van der Waals surface area contributed by atoms with Crippen molar-refractivity contribution in [3.63, 3.8) is 0 Å². The zero-order chi connectivity index (χ0) is 13.1. The van der Waals surface area contributed by atoms with Gasteiger partial charge in [-0.25, -0.2) is 5.48 Å². The van der Waals surface area contributed by atoms with E-state index in [2.05, 4.69) is 21.4 Å². The fourth-order valence-corrected chi connectivity index (χ4v) is 1.61. The number of carbonyl (C=O) groups excluding carboxylic acids is 1. The number of hydroxylamine groups is 1. The van der Waals surface area contributed by atoms with Crippen LogP contribution in [0.3, 0.4) is 0 Å². The third-order valence-corrected chi connectivity index (χ3v) is 2.48. The number of benzene rings is 1. The lowest BCUT2D eigenvalue weighted by molar-refractivity contribution is -0.0589. The Labute approximate surface area is 109 Å². The van der Waals surface area contributed by atoms with Crippen LogP contribution >= 0.6 is 15.9 Å². The number of nitrogens with one attached hydrogen (secondary N) is 1. The minimum Gasteiger partial charge on any atom is -0.496 e. The van der Waals surface area contributed by atoms with Crippen molar-refractivity contribution in [1.29, 1.82) is 0 Å². The first-order valence-electron chi connectivity index (χ1n) is 5.15. The number of hydrogen-bond acceptors (Lipinski definition) is 3. The molecule has 0 spiro atoms. The average molecular weight is 302 g/mol. The van der Waals surface area contributed by atoms with Crippen LogP contribution in [0.5, 0.6) is 5.75 Å². The van der Waals surface area contributed by atoms with Gasteiger partial charge in [0, 0.05) is 5.56 Å². The standard InChI is InChI=1S/C12H16BrNO3/c1-12(2,3)17-14-11(15)8-5-6-10(16-4)9(13)7-8/h5-7H,1-4H3,(H,14,15). The number of ether oxygens (including phenoxy) is 1. The number of methoxy groups -OCH3 is 1. The number of halogens is 1. The van der Waals surface area contributed by atoms with Gasteiger partial charge in [0.05, 0.1) is 17.2 Å². The van der Waals surface area contributed by atoms with Gasteiger partial charge >= 0.3 is 0 Å². The van der Waals surface area contributed by atoms with Crippen LogP contribution < -0.4 is 10.2 Å². The molecule has 0 fully saturated rings. The molecule has 94 valence electrons. The summed E-state index contributed by atoms with van der Waals surface area (Å²) in [6.45, 7) is 5.58. The highest BCUT2D eigenvalue weighted by Crippen LogP contribution is 2.25. The van der Waals surface area contributed by atoms with Crippen LogP contribution in [0.4, 0.5) is 0 Å². The third-order valence-electron chi connectivity index (χ3n) is 1.86. The fourth-order valence-electron chi connectivity index (χ4n) is 1.07. The van der Waals surface area contributed by atoms with Gasteiger partial charge in [-0.3, -0.25) is 9.63 Å². The zero-order valence-electron chi connectivity index (χ0n) is 10.3. The maximum absolute atomic E-state index is 11.7. The molecule has 0 aromatic heterocycles. The lowest BCUT2D eigenvalue weighted by Gasteiger charge is -2.19. The second-order valence-corrected chi connectivity index (χ2v) is 5.35. The normalized spacial score (nSPS) is 11.1. The smallest absolute Gasteiger partial charge is 0.274 e. The van der Waals surface area contributed by atoms with E-state index in [9.17, 15) is 4.79 Å². The molecule has 17 heavy (non-hydrogen) atoms. The predicted octanol–water partition coefficient (Wildman–Crippen LogP) is 2.92. The van der Waals surface area contributed by atoms with E-state index in [4.69, 9.17) is 9.57 Å². The molecule has 0 saturated carbocycles. The Kier molecular flexibility index (Phi) is 4.54. The fraction of sp³-hybridized carbons (Fsp3) is 0.417. The quantitative estimate of drug-likeness (QED) is 0.873. The van der Waals surface area contributed by atoms with Crippen LogP contribution in [-0.4, -0.2) is 18.6 Å². The molecule has 0 bridgehead atoms. The molecule has 1 aromatic rings. The molecule has 0 heterocycles. The minimum atomic E-state index is -0.417. The van der Waals surface area contributed by atoms with Crippen molar-refractivity contribution in [1.82, 2.24) is 5.48 Å². The summed E-state index contributed by atoms with van der Waals surface area (Å²) in [5.74, 6) is 0.390. The summed E-state index contributed by atoms with van der Waals surface area (Å²) in [5.41, 5.74) is 2.49. The largest absolute Gasteiger partial charge is 0.496 e. The van der Waals surface area contributed by atoms with Crippen LogP contribution in [0, 0.1) is 0 Å². The highest BCUT2D eigenvalue weighted by molar-refractivity contribution is 9.10. The van der Waals surface area contributed by atoms with Crippen LogP contribution in [0.2, 0.25) is 0 Å². The van der Waals surface area contributed by atoms with Gasteiger partial charge in [0.2, 0.25) is 0 Å². The summed E-state index contributed by atoms with van der Waals surface area (Å²) in [7, 11) is 1.57. The third kappa shape index (κ3) is 4.36. The Morgan fingerprint density at radius 2 is 2.00 bits per heavy atom. The second kappa shape index (κ2) is 5.51. The van der Waals surface area contributed by atoms with Gasteiger partial charge in [0.25, 0.3) is 5.91 Å². The van der Waals surface area contributed by atoms with Gasteiger partial charge in [-0.05, 0) is 54.9 Å². The summed E-state index contributed by atoms with van der Waals surface area (Å²) in [5, 5.41) is 0. The van der Waals surface area contributed by atoms with Gasteiger partial charge in [0.15, 0.2) is 0 Å². The molecule has 0 aliphatic rings. The maximum Gasteiger partial charge on any atom is 0.274 e. The molecule has 1 rings (SSSR count). The molecule has 0 unspecified atom stereocenters. The maximum atomic E-state index is 11.7. The number of rotatable bonds is 3. The van der Waals surface area contributed by atoms with Gasteiger partial charge in [0.1, 0.15) is 5.75 Å². The van der Waals surface area contributed by atoms with E-state index in [1.165, 1.54) is 0 Å². The Bertz CT molecular complexity index is 413. The first-order valence-corrected chi connectivity index (χ1v) is 5.94. The van der Waals surface area contributed by atoms with Crippen molar-refractivity contribution in [2.24, 2.45) is 0 Å². The molecular weight excluding hydrogens is 286 g/mol. The Hall–Kier alpha value is -1.07. The summed E-state index contributed by atoms with van der Waals surface area (Å²) < 4.78 is 5.81. The molecule has 0 aliphatic carbocycles. The average Bonchev–Trinajstić information content (AvgIpc) is 2.24. The molecule has 0 radical (unpaired) electrons. The van der Waals surface area contributed by atoms with Crippen molar-refractivity contribution >= 4 is 21.8 Å². The monoisotopic (exact) mass is 301 g/mol. The van der Waals surface area contributed by atoms with Crippen LogP contribution in [0.1, 0.15) is 31.1 Å². The highest BCUT2D eigenvalue weighted by atomic mass is 79.9. The van der Waals surface area contributed by atoms with E-state index < -0.39 is 5.60 Å². The molecule has 5 heteroatoms. The number of carbonyl (C=O) groups is 1. The minimum absolute atomic E-state index is 0.289. The molecule has 0 saturated heterocycles. The summed E-state index contributed by atoms with van der Waals surface area (Å²) in [6.07, 6.45) is 0. The van der Waals surface area contributed by atoms with Gasteiger partial charge in [-0.2, -0.15) is 0 Å². The molecular formula is C12H16BrNO3. The van der Waals surface area contributed by atoms with Crippen molar-refractivity contribution in [2.75, 3.05) is 7.11 Å². The van der Waals surface area contributed by atoms with Crippen molar-refractivity contribution in [3.05, 3.63) is 28.2 Å². The summed E-state index contributed by atoms with van der Waals surface area (Å²) >= 11 is 3.32. The molecule has 1 N–H and O–H groups in total. The highest BCUT2D eigenvalue weighted by Gasteiger charge is 2.14. The molecule has 0 aliphatic heterocycles. The molecule has 1 aromatic carbocycles. The first kappa shape index (κ1) is 14.0. The Morgan fingerprint density at radius 1 is 1.35 bits per heavy atom. The van der Waals surface area contributed by atoms with Crippen LogP contribution in [-0.2, 0) is 4.84 Å². The van der Waals surface area contributed by atoms with Gasteiger partial charge in [-0.15, -0.1) is 0 Å². The SMILES string of the molecule is COc1ccc(C(=O)NOC(C)(C)C)cc1Br. The topological polar surface area (TPSA) is 47.6 Å². The molecule has 4 nitrogen and oxygen atoms in total. The van der Waals surface area contributed by atoms with E-state index in [1.807, 2.05) is 20.8 Å². The van der Waals surface area contributed by atoms with Crippen molar-refractivity contribution < 1.29 is 14.4 Å². The first-order chi connectivity index (χ1) is 7.83. The lowest BCUT2D eigenvalue weighted by Crippen LogP contribution is -2.33. The van der Waals surface area contributed by atoms with Gasteiger partial charge in [-0.1, -0.05) is 0 Å². The Balaban J connectivity index is 2.73. The van der Waals surface area contributed by atoms with E-state index >= 15 is 0 Å². The van der Waals surface area contributed by atoms with E-state index in [0.717, 1.165) is 4.47 Å². The van der Waals surface area contributed by atoms with Crippen molar-refractivity contribution in [2.45, 2.75) is 26.4 Å². The zero-order valence-corrected chi connectivity index (χ0v) is 11.9. The van der Waals surface area contributed by atoms with Crippen LogP contribution in [0.15, 0.2) is 22.7 Å². The lowest BCUT2D eigenvalue weighted by atomic mass is 10.2. The van der Waals surface area contributed by atoms with Crippen molar-refractivity contribution in [3.8, 4) is 5.75 Å².